The molecule has 0 spiro atoms. The van der Waals surface area contributed by atoms with Crippen LogP contribution in [0.15, 0.2) is 57.9 Å². The third-order valence-corrected chi connectivity index (χ3v) is 7.12. The molecule has 30 heavy (non-hydrogen) atoms. The normalized spacial score (nSPS) is 19.3. The van der Waals surface area contributed by atoms with Crippen molar-refractivity contribution in [2.45, 2.75) is 11.4 Å². The Morgan fingerprint density at radius 2 is 2.10 bits per heavy atom. The number of nitrogens with zero attached hydrogens (tertiary/aromatic N) is 2. The van der Waals surface area contributed by atoms with Crippen LogP contribution in [0.4, 0.5) is 10.5 Å². The molecule has 1 fully saturated rings. The lowest BCUT2D eigenvalue weighted by Gasteiger charge is -2.25. The zero-order valence-corrected chi connectivity index (χ0v) is 17.0. The Morgan fingerprint density at radius 3 is 2.90 bits per heavy atom. The molecule has 8 nitrogen and oxygen atoms in total. The number of aromatic nitrogens is 2. The van der Waals surface area contributed by atoms with Crippen molar-refractivity contribution in [3.8, 4) is 0 Å². The van der Waals surface area contributed by atoms with Gasteiger partial charge >= 0.3 is 0 Å². The molecule has 1 aromatic carbocycles. The molecule has 0 aliphatic carbocycles. The van der Waals surface area contributed by atoms with Gasteiger partial charge in [-0.05, 0) is 59.3 Å². The fourth-order valence-electron chi connectivity index (χ4n) is 3.31. The van der Waals surface area contributed by atoms with Gasteiger partial charge in [-0.25, -0.2) is 4.98 Å². The lowest BCUT2D eigenvalue weighted by Crippen LogP contribution is -2.17. The van der Waals surface area contributed by atoms with Crippen LogP contribution in [0.3, 0.4) is 0 Å². The maximum atomic E-state index is 11.8. The number of benzene rings is 1. The number of rotatable bonds is 4. The molecule has 152 valence electrons. The van der Waals surface area contributed by atoms with E-state index in [9.17, 15) is 18.7 Å². The Balaban J connectivity index is 1.39. The predicted molar refractivity (Wildman–Crippen MR) is 118 cm³/mol. The second kappa shape index (κ2) is 7.03. The van der Waals surface area contributed by atoms with Crippen LogP contribution in [0, 0.1) is 0 Å². The van der Waals surface area contributed by atoms with Gasteiger partial charge < -0.3 is 9.72 Å². The van der Waals surface area contributed by atoms with E-state index in [1.54, 1.807) is 24.4 Å². The summed E-state index contributed by atoms with van der Waals surface area (Å²) in [5.74, 6) is -0.394. The summed E-state index contributed by atoms with van der Waals surface area (Å²) in [5, 5.41) is 6.58. The van der Waals surface area contributed by atoms with E-state index >= 15 is 0 Å². The highest BCUT2D eigenvalue weighted by Crippen LogP contribution is 2.56. The molecule has 2 aromatic heterocycles. The van der Waals surface area contributed by atoms with Gasteiger partial charge in [0.2, 0.25) is 0 Å². The lowest BCUT2D eigenvalue weighted by atomic mass is 10.2. The maximum absolute atomic E-state index is 11.8. The van der Waals surface area contributed by atoms with Gasteiger partial charge in [-0.1, -0.05) is 6.07 Å². The number of anilines is 1. The van der Waals surface area contributed by atoms with E-state index < -0.39 is 16.5 Å². The molecule has 0 atom stereocenters. The Kier molecular flexibility index (Phi) is 4.44. The van der Waals surface area contributed by atoms with Gasteiger partial charge in [0.25, 0.3) is 11.1 Å². The van der Waals surface area contributed by atoms with Crippen LogP contribution >= 0.6 is 22.4 Å². The zero-order chi connectivity index (χ0) is 20.9. The van der Waals surface area contributed by atoms with E-state index in [2.05, 4.69) is 15.6 Å². The average Bonchev–Trinajstić information content (AvgIpc) is 3.35. The highest BCUT2D eigenvalue weighted by atomic mass is 32.3. The van der Waals surface area contributed by atoms with Gasteiger partial charge in [-0.3, -0.25) is 24.0 Å². The van der Waals surface area contributed by atoms with Crippen molar-refractivity contribution < 1.29 is 18.7 Å². The fourth-order valence-corrected chi connectivity index (χ4v) is 5.26. The topological polar surface area (TPSA) is 116 Å². The molecular weight excluding hydrogens is 424 g/mol. The molecule has 4 N–H and O–H groups in total. The lowest BCUT2D eigenvalue weighted by molar-refractivity contribution is -0.115. The fraction of sp³-hybridized carbons (Fsp3) is 0.0500. The number of nitrogens with one attached hydrogen (secondary N) is 2. The number of imide groups is 1. The summed E-state index contributed by atoms with van der Waals surface area (Å²) in [5.41, 5.74) is 3.98. The molecule has 2 amide bonds. The Hall–Kier alpha value is -3.05. The molecule has 1 saturated heterocycles. The minimum Gasteiger partial charge on any atom is -0.379 e. The smallest absolute Gasteiger partial charge is 0.290 e. The summed E-state index contributed by atoms with van der Waals surface area (Å²) in [6, 6.07) is 9.15. The molecule has 4 heterocycles. The van der Waals surface area contributed by atoms with Crippen LogP contribution < -0.4 is 10.6 Å². The highest BCUT2D eigenvalue weighted by Gasteiger charge is 2.25. The Morgan fingerprint density at radius 1 is 1.23 bits per heavy atom. The van der Waals surface area contributed by atoms with Crippen LogP contribution in [-0.2, 0) is 11.3 Å². The molecule has 2 aliphatic heterocycles. The van der Waals surface area contributed by atoms with E-state index in [1.165, 1.54) is 5.41 Å². The van der Waals surface area contributed by atoms with Crippen molar-refractivity contribution in [2.75, 3.05) is 5.32 Å². The first-order valence-electron chi connectivity index (χ1n) is 8.94. The second-order valence-electron chi connectivity index (χ2n) is 6.79. The van der Waals surface area contributed by atoms with Gasteiger partial charge in [0.05, 0.1) is 28.2 Å². The molecule has 2 aliphatic rings. The second-order valence-corrected chi connectivity index (χ2v) is 9.71. The number of carbonyl (C=O) groups is 2. The number of amides is 2. The molecule has 0 radical (unpaired) electrons. The first-order valence-corrected chi connectivity index (χ1v) is 11.4. The largest absolute Gasteiger partial charge is 0.379 e. The van der Waals surface area contributed by atoms with Crippen molar-refractivity contribution in [1.82, 2.24) is 14.7 Å². The van der Waals surface area contributed by atoms with Crippen LogP contribution in [-0.4, -0.2) is 29.6 Å². The van der Waals surface area contributed by atoms with Crippen molar-refractivity contribution in [3.05, 3.63) is 69.9 Å². The number of thioether (sulfide) groups is 1. The average molecular weight is 441 g/mol. The zero-order valence-electron chi connectivity index (χ0n) is 15.4. The van der Waals surface area contributed by atoms with Crippen molar-refractivity contribution in [2.24, 2.45) is 0 Å². The minimum atomic E-state index is -2.86. The number of fused-ring (bicyclic) bond motifs is 2. The van der Waals surface area contributed by atoms with E-state index in [0.29, 0.717) is 16.3 Å². The third-order valence-electron chi connectivity index (χ3n) is 4.79. The minimum absolute atomic E-state index is 0.352. The summed E-state index contributed by atoms with van der Waals surface area (Å²) in [6.07, 6.45) is 6.99. The van der Waals surface area contributed by atoms with Crippen LogP contribution in [0.25, 0.3) is 17.8 Å². The standard InChI is InChI=1S/C20H16N4O4S2/c25-19-16(29-20(26)23-19)7-12-1-4-18-22-10-15(24(18)11-12)9-21-14-3-2-13-5-6-30(27,28)17(13)8-14/h1-8,10-11,21,27-28H,9H2,(H,23,25,26). The van der Waals surface area contributed by atoms with Gasteiger partial charge in [0, 0.05) is 17.3 Å². The van der Waals surface area contributed by atoms with Crippen molar-refractivity contribution in [1.29, 1.82) is 0 Å². The quantitative estimate of drug-likeness (QED) is 0.445. The highest BCUT2D eigenvalue weighted by molar-refractivity contribution is 8.27. The number of hydrogen-bond donors (Lipinski definition) is 4. The molecule has 10 heteroatoms. The van der Waals surface area contributed by atoms with Gasteiger partial charge in [-0.2, -0.15) is 0 Å². The summed E-state index contributed by atoms with van der Waals surface area (Å²) in [6.45, 7) is 0.459. The van der Waals surface area contributed by atoms with Crippen LogP contribution in [0.1, 0.15) is 16.8 Å². The first-order chi connectivity index (χ1) is 14.4. The number of carbonyl (C=O) groups excluding carboxylic acids is 2. The molecule has 5 rings (SSSR count). The maximum Gasteiger partial charge on any atom is 0.290 e. The SMILES string of the molecule is O=C1NC(=O)C(=Cc2ccc3ncc(CNc4ccc5c(c4)S(O)(O)C=C5)n3c2)S1. The van der Waals surface area contributed by atoms with Crippen molar-refractivity contribution >= 4 is 57.0 Å². The third kappa shape index (κ3) is 3.39. The van der Waals surface area contributed by atoms with Crippen LogP contribution in [0.5, 0.6) is 0 Å². The molecule has 0 unspecified atom stereocenters. The summed E-state index contributed by atoms with van der Waals surface area (Å²) >= 11 is 0.877. The van der Waals surface area contributed by atoms with E-state index in [1.807, 2.05) is 34.9 Å². The van der Waals surface area contributed by atoms with Gasteiger partial charge in [-0.15, -0.1) is 10.6 Å². The molecule has 0 saturated carbocycles. The summed E-state index contributed by atoms with van der Waals surface area (Å²) in [7, 11) is -2.86. The summed E-state index contributed by atoms with van der Waals surface area (Å²) < 4.78 is 22.1. The van der Waals surface area contributed by atoms with E-state index in [4.69, 9.17) is 0 Å². The predicted octanol–water partition coefficient (Wildman–Crippen LogP) is 4.36. The monoisotopic (exact) mass is 440 g/mol. The Bertz CT molecular complexity index is 1280. The van der Waals surface area contributed by atoms with Gasteiger partial charge in [0.1, 0.15) is 5.65 Å². The summed E-state index contributed by atoms with van der Waals surface area (Å²) in [4.78, 5) is 28.4. The van der Waals surface area contributed by atoms with Gasteiger partial charge in [0.15, 0.2) is 0 Å². The number of hydrogen-bond acceptors (Lipinski definition) is 7. The van der Waals surface area contributed by atoms with Crippen molar-refractivity contribution in [3.63, 3.8) is 0 Å². The number of imidazole rings is 1. The Labute approximate surface area is 177 Å². The number of pyridine rings is 1. The van der Waals surface area contributed by atoms with E-state index in [0.717, 1.165) is 39.9 Å². The molecule has 0 bridgehead atoms. The first kappa shape index (κ1) is 18.9. The van der Waals surface area contributed by atoms with E-state index in [-0.39, 0.29) is 5.24 Å². The molecular formula is C20H16N4O4S2. The van der Waals surface area contributed by atoms with Crippen LogP contribution in [0.2, 0.25) is 0 Å². The molecule has 3 aromatic rings.